The van der Waals surface area contributed by atoms with Crippen LogP contribution in [0.5, 0.6) is 0 Å². The van der Waals surface area contributed by atoms with E-state index in [1.165, 1.54) is 12.3 Å². The van der Waals surface area contributed by atoms with Crippen LogP contribution in [0.4, 0.5) is 10.1 Å². The van der Waals surface area contributed by atoms with Gasteiger partial charge in [0.25, 0.3) is 5.91 Å². The number of aromatic nitrogens is 1. The number of rotatable bonds is 5. The molecule has 0 unspecified atom stereocenters. The summed E-state index contributed by atoms with van der Waals surface area (Å²) >= 11 is 0. The Bertz CT molecular complexity index is 1330. The van der Waals surface area contributed by atoms with Crippen LogP contribution >= 0.6 is 0 Å². The van der Waals surface area contributed by atoms with Crippen molar-refractivity contribution in [2.45, 2.75) is 13.8 Å². The number of pyridine rings is 1. The summed E-state index contributed by atoms with van der Waals surface area (Å²) in [6.45, 7) is 3.73. The van der Waals surface area contributed by atoms with Crippen molar-refractivity contribution in [2.75, 3.05) is 11.9 Å². The topological polar surface area (TPSA) is 68.3 Å². The number of ether oxygens (including phenoxy) is 1. The van der Waals surface area contributed by atoms with Crippen molar-refractivity contribution in [3.05, 3.63) is 95.4 Å². The maximum Gasteiger partial charge on any atom is 0.339 e. The van der Waals surface area contributed by atoms with Crippen LogP contribution in [-0.4, -0.2) is 23.5 Å². The molecule has 1 amide bonds. The molecular formula is C26H21FN2O3. The van der Waals surface area contributed by atoms with Crippen LogP contribution in [-0.2, 0) is 4.74 Å². The van der Waals surface area contributed by atoms with Gasteiger partial charge >= 0.3 is 5.97 Å². The second kappa shape index (κ2) is 8.98. The smallest absolute Gasteiger partial charge is 0.339 e. The largest absolute Gasteiger partial charge is 0.462 e. The van der Waals surface area contributed by atoms with Gasteiger partial charge in [-0.25, -0.2) is 9.18 Å². The first-order chi connectivity index (χ1) is 15.5. The number of esters is 1. The molecule has 1 aromatic heterocycles. The Balaban J connectivity index is 1.61. The molecule has 32 heavy (non-hydrogen) atoms. The number of anilines is 1. The third-order valence-corrected chi connectivity index (χ3v) is 5.11. The molecule has 5 nitrogen and oxygen atoms in total. The summed E-state index contributed by atoms with van der Waals surface area (Å²) in [5.41, 5.74) is 3.81. The molecule has 6 heteroatoms. The normalized spacial score (nSPS) is 10.7. The number of hydrogen-bond donors (Lipinski definition) is 1. The lowest BCUT2D eigenvalue weighted by atomic mass is 9.98. The minimum atomic E-state index is -0.427. The van der Waals surface area contributed by atoms with Gasteiger partial charge in [0.15, 0.2) is 0 Å². The first kappa shape index (κ1) is 21.2. The predicted molar refractivity (Wildman–Crippen MR) is 122 cm³/mol. The number of amides is 1. The first-order valence-corrected chi connectivity index (χ1v) is 10.2. The van der Waals surface area contributed by atoms with Gasteiger partial charge in [-0.05, 0) is 60.9 Å². The van der Waals surface area contributed by atoms with E-state index in [4.69, 9.17) is 4.74 Å². The summed E-state index contributed by atoms with van der Waals surface area (Å²) in [5.74, 6) is -1.06. The number of benzene rings is 3. The number of hydrogen-bond acceptors (Lipinski definition) is 4. The van der Waals surface area contributed by atoms with Crippen LogP contribution in [0.3, 0.4) is 0 Å². The molecule has 0 aliphatic rings. The highest BCUT2D eigenvalue weighted by molar-refractivity contribution is 6.09. The van der Waals surface area contributed by atoms with Crippen molar-refractivity contribution in [3.63, 3.8) is 0 Å². The highest BCUT2D eigenvalue weighted by Crippen LogP contribution is 2.27. The highest BCUT2D eigenvalue weighted by Gasteiger charge is 2.14. The minimum absolute atomic E-state index is 0.290. The number of carbonyl (C=O) groups excluding carboxylic acids is 2. The Hall–Kier alpha value is -4.06. The fourth-order valence-electron chi connectivity index (χ4n) is 3.42. The van der Waals surface area contributed by atoms with Gasteiger partial charge in [-0.2, -0.15) is 0 Å². The number of nitrogens with one attached hydrogen (secondary N) is 1. The second-order valence-corrected chi connectivity index (χ2v) is 7.32. The van der Waals surface area contributed by atoms with Crippen LogP contribution in [0.15, 0.2) is 72.9 Å². The summed E-state index contributed by atoms with van der Waals surface area (Å²) in [7, 11) is 0. The SMILES string of the molecule is CCOC(=O)c1cnc2cc(NC(=O)c3ccccc3-c3ccc(C)c(F)c3)ccc2c1. The fraction of sp³-hybridized carbons (Fsp3) is 0.115. The van der Waals surface area contributed by atoms with E-state index in [9.17, 15) is 14.0 Å². The second-order valence-electron chi connectivity index (χ2n) is 7.32. The van der Waals surface area contributed by atoms with Gasteiger partial charge in [-0.1, -0.05) is 36.4 Å². The molecule has 3 aromatic carbocycles. The van der Waals surface area contributed by atoms with Gasteiger partial charge < -0.3 is 10.1 Å². The zero-order valence-electron chi connectivity index (χ0n) is 17.7. The number of carbonyl (C=O) groups is 2. The van der Waals surface area contributed by atoms with Gasteiger partial charge in [0.2, 0.25) is 0 Å². The van der Waals surface area contributed by atoms with Crippen LogP contribution < -0.4 is 5.32 Å². The van der Waals surface area contributed by atoms with Crippen LogP contribution in [0.25, 0.3) is 22.0 Å². The number of aryl methyl sites for hydroxylation is 1. The molecule has 4 aromatic rings. The van der Waals surface area contributed by atoms with Gasteiger partial charge in [0.05, 0.1) is 17.7 Å². The standard InChI is InChI=1S/C26H21FN2O3/c1-3-32-26(31)19-12-18-10-11-20(14-24(18)28-15-19)29-25(30)22-7-5-4-6-21(22)17-9-8-16(2)23(27)13-17/h4-15H,3H2,1-2H3,(H,29,30). The van der Waals surface area contributed by atoms with Gasteiger partial charge in [-0.3, -0.25) is 9.78 Å². The lowest BCUT2D eigenvalue weighted by molar-refractivity contribution is 0.0526. The van der Waals surface area contributed by atoms with Crippen molar-refractivity contribution in [2.24, 2.45) is 0 Å². The Labute approximate surface area is 184 Å². The van der Waals surface area contributed by atoms with Gasteiger partial charge in [-0.15, -0.1) is 0 Å². The fourth-order valence-corrected chi connectivity index (χ4v) is 3.42. The predicted octanol–water partition coefficient (Wildman–Crippen LogP) is 5.78. The lowest BCUT2D eigenvalue weighted by Crippen LogP contribution is -2.13. The van der Waals surface area contributed by atoms with Crippen molar-refractivity contribution in [1.82, 2.24) is 4.98 Å². The summed E-state index contributed by atoms with van der Waals surface area (Å²) in [4.78, 5) is 29.2. The van der Waals surface area contributed by atoms with E-state index >= 15 is 0 Å². The van der Waals surface area contributed by atoms with Crippen LogP contribution in [0, 0.1) is 12.7 Å². The molecule has 0 saturated heterocycles. The summed E-state index contributed by atoms with van der Waals surface area (Å²) in [6, 6.07) is 18.9. The van der Waals surface area contributed by atoms with E-state index in [2.05, 4.69) is 10.3 Å². The molecule has 0 radical (unpaired) electrons. The molecule has 0 saturated carbocycles. The molecule has 0 atom stereocenters. The molecule has 0 bridgehead atoms. The van der Waals surface area contributed by atoms with Gasteiger partial charge in [0, 0.05) is 22.8 Å². The maximum atomic E-state index is 14.1. The third-order valence-electron chi connectivity index (χ3n) is 5.11. The number of fused-ring (bicyclic) bond motifs is 1. The zero-order chi connectivity index (χ0) is 22.7. The monoisotopic (exact) mass is 428 g/mol. The molecule has 0 fully saturated rings. The van der Waals surface area contributed by atoms with Gasteiger partial charge in [0.1, 0.15) is 5.82 Å². The number of halogens is 1. The van der Waals surface area contributed by atoms with Crippen molar-refractivity contribution >= 4 is 28.5 Å². The zero-order valence-corrected chi connectivity index (χ0v) is 17.7. The van der Waals surface area contributed by atoms with Crippen LogP contribution in [0.1, 0.15) is 33.2 Å². The molecular weight excluding hydrogens is 407 g/mol. The van der Waals surface area contributed by atoms with E-state index in [1.54, 1.807) is 68.4 Å². The molecule has 160 valence electrons. The average molecular weight is 428 g/mol. The van der Waals surface area contributed by atoms with Crippen molar-refractivity contribution in [3.8, 4) is 11.1 Å². The molecule has 0 aliphatic carbocycles. The molecule has 1 N–H and O–H groups in total. The van der Waals surface area contributed by atoms with E-state index < -0.39 is 5.97 Å². The molecule has 1 heterocycles. The Kier molecular flexibility index (Phi) is 5.94. The Morgan fingerprint density at radius 1 is 1.03 bits per heavy atom. The van der Waals surface area contributed by atoms with Crippen LogP contribution in [0.2, 0.25) is 0 Å². The molecule has 0 spiro atoms. The Morgan fingerprint density at radius 2 is 1.84 bits per heavy atom. The Morgan fingerprint density at radius 3 is 2.62 bits per heavy atom. The van der Waals surface area contributed by atoms with E-state index in [1.807, 2.05) is 6.07 Å². The molecule has 4 rings (SSSR count). The first-order valence-electron chi connectivity index (χ1n) is 10.2. The number of nitrogens with zero attached hydrogens (tertiary/aromatic N) is 1. The highest BCUT2D eigenvalue weighted by atomic mass is 19.1. The molecule has 0 aliphatic heterocycles. The van der Waals surface area contributed by atoms with E-state index in [0.29, 0.717) is 45.6 Å². The minimum Gasteiger partial charge on any atom is -0.462 e. The summed E-state index contributed by atoms with van der Waals surface area (Å²) in [6.07, 6.45) is 1.45. The maximum absolute atomic E-state index is 14.1. The van der Waals surface area contributed by atoms with E-state index in [-0.39, 0.29) is 11.7 Å². The van der Waals surface area contributed by atoms with Crippen molar-refractivity contribution < 1.29 is 18.7 Å². The summed E-state index contributed by atoms with van der Waals surface area (Å²) < 4.78 is 19.1. The lowest BCUT2D eigenvalue weighted by Gasteiger charge is -2.12. The average Bonchev–Trinajstić information content (AvgIpc) is 2.80. The third kappa shape index (κ3) is 4.34. The van der Waals surface area contributed by atoms with Crippen molar-refractivity contribution in [1.29, 1.82) is 0 Å². The van der Waals surface area contributed by atoms with E-state index in [0.717, 1.165) is 5.39 Å². The quantitative estimate of drug-likeness (QED) is 0.409. The summed E-state index contributed by atoms with van der Waals surface area (Å²) in [5, 5.41) is 3.63.